The molecule has 0 bridgehead atoms. The Morgan fingerprint density at radius 2 is 1.85 bits per heavy atom. The fraction of sp³-hybridized carbons (Fsp3) is 0.316. The summed E-state index contributed by atoms with van der Waals surface area (Å²) in [6, 6.07) is 13.6. The first-order chi connectivity index (χ1) is 13.0. The molecule has 27 heavy (non-hydrogen) atoms. The summed E-state index contributed by atoms with van der Waals surface area (Å²) in [5.74, 6) is -0.667. The minimum atomic E-state index is -0.667. The maximum Gasteiger partial charge on any atom is 0.345 e. The van der Waals surface area contributed by atoms with Crippen molar-refractivity contribution in [1.82, 2.24) is 4.90 Å². The Morgan fingerprint density at radius 1 is 1.11 bits per heavy atom. The van der Waals surface area contributed by atoms with E-state index in [2.05, 4.69) is 9.80 Å². The van der Waals surface area contributed by atoms with Gasteiger partial charge in [0.25, 0.3) is 5.69 Å². The van der Waals surface area contributed by atoms with Crippen molar-refractivity contribution in [2.45, 2.75) is 0 Å². The van der Waals surface area contributed by atoms with Crippen molar-refractivity contribution in [1.29, 1.82) is 0 Å². The Labute approximate surface area is 162 Å². The molecule has 0 atom stereocenters. The molecule has 0 N–H and O–H groups in total. The topological polar surface area (TPSA) is 75.9 Å². The molecule has 1 saturated heterocycles. The summed E-state index contributed by atoms with van der Waals surface area (Å²) in [6.45, 7) is 4.19. The second-order valence-corrected chi connectivity index (χ2v) is 6.66. The zero-order valence-corrected chi connectivity index (χ0v) is 15.5. The third-order valence-corrected chi connectivity index (χ3v) is 4.74. The smallest absolute Gasteiger partial charge is 0.345 e. The van der Waals surface area contributed by atoms with Crippen LogP contribution in [-0.2, 0) is 4.74 Å². The molecule has 0 aromatic heterocycles. The summed E-state index contributed by atoms with van der Waals surface area (Å²) in [6.07, 6.45) is 0. The Morgan fingerprint density at radius 3 is 2.56 bits per heavy atom. The average Bonchev–Trinajstić information content (AvgIpc) is 2.68. The minimum absolute atomic E-state index is 0.0201. The van der Waals surface area contributed by atoms with Crippen molar-refractivity contribution in [3.05, 3.63) is 69.2 Å². The van der Waals surface area contributed by atoms with Crippen molar-refractivity contribution < 1.29 is 14.5 Å². The number of piperazine rings is 1. The molecule has 1 aliphatic rings. The summed E-state index contributed by atoms with van der Waals surface area (Å²) in [5, 5.41) is 11.7. The lowest BCUT2D eigenvalue weighted by molar-refractivity contribution is -0.385. The van der Waals surface area contributed by atoms with E-state index in [0.717, 1.165) is 36.9 Å². The van der Waals surface area contributed by atoms with Gasteiger partial charge in [0.1, 0.15) is 12.2 Å². The lowest BCUT2D eigenvalue weighted by Crippen LogP contribution is -2.47. The van der Waals surface area contributed by atoms with Crippen molar-refractivity contribution in [2.75, 3.05) is 44.2 Å². The molecule has 7 nitrogen and oxygen atoms in total. The number of benzene rings is 2. The molecular formula is C19H20ClN3O4. The molecule has 0 aliphatic carbocycles. The van der Waals surface area contributed by atoms with Gasteiger partial charge in [0, 0.05) is 49.5 Å². The normalized spacial score (nSPS) is 14.8. The maximum atomic E-state index is 12.1. The molecule has 0 amide bonds. The highest BCUT2D eigenvalue weighted by molar-refractivity contribution is 6.30. The highest BCUT2D eigenvalue weighted by Gasteiger charge is 2.21. The highest BCUT2D eigenvalue weighted by atomic mass is 35.5. The SMILES string of the molecule is O=C(OCCN1CCN(c2cccc(Cl)c2)CC1)c1ccccc1[N+](=O)[O-]. The van der Waals surface area contributed by atoms with Crippen LogP contribution in [0.3, 0.4) is 0 Å². The van der Waals surface area contributed by atoms with Crippen LogP contribution in [0.5, 0.6) is 0 Å². The van der Waals surface area contributed by atoms with Gasteiger partial charge in [0.2, 0.25) is 0 Å². The number of para-hydroxylation sites is 1. The Bertz CT molecular complexity index is 822. The van der Waals surface area contributed by atoms with E-state index in [9.17, 15) is 14.9 Å². The number of halogens is 1. The average molecular weight is 390 g/mol. The van der Waals surface area contributed by atoms with Gasteiger partial charge in [-0.2, -0.15) is 0 Å². The van der Waals surface area contributed by atoms with Crippen LogP contribution < -0.4 is 4.90 Å². The molecule has 2 aromatic carbocycles. The molecule has 0 unspecified atom stereocenters. The molecule has 1 fully saturated rings. The van der Waals surface area contributed by atoms with E-state index in [0.29, 0.717) is 6.54 Å². The number of carbonyl (C=O) groups is 1. The fourth-order valence-corrected chi connectivity index (χ4v) is 3.24. The lowest BCUT2D eigenvalue weighted by Gasteiger charge is -2.36. The number of nitro groups is 1. The van der Waals surface area contributed by atoms with Crippen molar-refractivity contribution in [2.24, 2.45) is 0 Å². The van der Waals surface area contributed by atoms with E-state index in [1.54, 1.807) is 6.07 Å². The molecule has 3 rings (SSSR count). The molecule has 1 heterocycles. The zero-order valence-electron chi connectivity index (χ0n) is 14.7. The predicted molar refractivity (Wildman–Crippen MR) is 103 cm³/mol. The van der Waals surface area contributed by atoms with Crippen molar-refractivity contribution >= 4 is 28.9 Å². The van der Waals surface area contributed by atoms with Gasteiger partial charge in [0.05, 0.1) is 4.92 Å². The van der Waals surface area contributed by atoms with E-state index in [-0.39, 0.29) is 17.9 Å². The van der Waals surface area contributed by atoms with Crippen molar-refractivity contribution in [3.63, 3.8) is 0 Å². The third kappa shape index (κ3) is 4.96. The van der Waals surface area contributed by atoms with Gasteiger partial charge in [-0.25, -0.2) is 4.79 Å². The first-order valence-electron chi connectivity index (χ1n) is 8.68. The van der Waals surface area contributed by atoms with Gasteiger partial charge in [-0.1, -0.05) is 29.8 Å². The van der Waals surface area contributed by atoms with Crippen LogP contribution in [0, 0.1) is 10.1 Å². The summed E-state index contributed by atoms with van der Waals surface area (Å²) in [4.78, 5) is 27.0. The first-order valence-corrected chi connectivity index (χ1v) is 9.06. The quantitative estimate of drug-likeness (QED) is 0.429. The molecule has 1 aliphatic heterocycles. The van der Waals surface area contributed by atoms with Crippen LogP contribution in [0.15, 0.2) is 48.5 Å². The summed E-state index contributed by atoms with van der Waals surface area (Å²) < 4.78 is 5.23. The van der Waals surface area contributed by atoms with Gasteiger partial charge in [-0.3, -0.25) is 15.0 Å². The summed E-state index contributed by atoms with van der Waals surface area (Å²) >= 11 is 6.04. The predicted octanol–water partition coefficient (Wildman–Crippen LogP) is 3.23. The Balaban J connectivity index is 1.46. The number of ether oxygens (including phenoxy) is 1. The number of esters is 1. The van der Waals surface area contributed by atoms with Crippen molar-refractivity contribution in [3.8, 4) is 0 Å². The lowest BCUT2D eigenvalue weighted by atomic mass is 10.2. The van der Waals surface area contributed by atoms with E-state index in [1.807, 2.05) is 24.3 Å². The van der Waals surface area contributed by atoms with Crippen LogP contribution in [0.25, 0.3) is 0 Å². The van der Waals surface area contributed by atoms with E-state index in [1.165, 1.54) is 18.2 Å². The van der Waals surface area contributed by atoms with E-state index < -0.39 is 10.9 Å². The van der Waals surface area contributed by atoms with Crippen LogP contribution in [0.2, 0.25) is 5.02 Å². The monoisotopic (exact) mass is 389 g/mol. The number of hydrogen-bond acceptors (Lipinski definition) is 6. The molecule has 2 aromatic rings. The number of nitrogens with zero attached hydrogens (tertiary/aromatic N) is 3. The second-order valence-electron chi connectivity index (χ2n) is 6.22. The molecule has 142 valence electrons. The maximum absolute atomic E-state index is 12.1. The molecule has 8 heteroatoms. The van der Waals surface area contributed by atoms with E-state index >= 15 is 0 Å². The summed E-state index contributed by atoms with van der Waals surface area (Å²) in [7, 11) is 0. The van der Waals surface area contributed by atoms with Crippen LogP contribution in [0.4, 0.5) is 11.4 Å². The number of hydrogen-bond donors (Lipinski definition) is 0. The third-order valence-electron chi connectivity index (χ3n) is 4.51. The standard InChI is InChI=1S/C19H20ClN3O4/c20-15-4-3-5-16(14-15)22-10-8-21(9-11-22)12-13-27-19(24)17-6-1-2-7-18(17)23(25)26/h1-7,14H,8-13H2. The summed E-state index contributed by atoms with van der Waals surface area (Å²) in [5.41, 5.74) is 0.843. The molecule has 0 saturated carbocycles. The number of anilines is 1. The van der Waals surface area contributed by atoms with Gasteiger partial charge in [-0.05, 0) is 24.3 Å². The molecule has 0 radical (unpaired) electrons. The van der Waals surface area contributed by atoms with Gasteiger partial charge < -0.3 is 9.64 Å². The number of carbonyl (C=O) groups excluding carboxylic acids is 1. The molecular weight excluding hydrogens is 370 g/mol. The van der Waals surface area contributed by atoms with Crippen LogP contribution in [-0.4, -0.2) is 55.1 Å². The Kier molecular flexibility index (Phi) is 6.26. The molecule has 0 spiro atoms. The van der Waals surface area contributed by atoms with Crippen LogP contribution >= 0.6 is 11.6 Å². The fourth-order valence-electron chi connectivity index (χ4n) is 3.05. The van der Waals surface area contributed by atoms with E-state index in [4.69, 9.17) is 16.3 Å². The minimum Gasteiger partial charge on any atom is -0.461 e. The van der Waals surface area contributed by atoms with Gasteiger partial charge in [-0.15, -0.1) is 0 Å². The number of rotatable bonds is 6. The highest BCUT2D eigenvalue weighted by Crippen LogP contribution is 2.21. The zero-order chi connectivity index (χ0) is 19.2. The second kappa shape index (κ2) is 8.83. The van der Waals surface area contributed by atoms with Crippen LogP contribution in [0.1, 0.15) is 10.4 Å². The number of nitro benzene ring substituents is 1. The largest absolute Gasteiger partial charge is 0.461 e. The first kappa shape index (κ1) is 19.1. The van der Waals surface area contributed by atoms with Gasteiger partial charge >= 0.3 is 5.97 Å². The van der Waals surface area contributed by atoms with Gasteiger partial charge in [0.15, 0.2) is 0 Å². The Hall–Kier alpha value is -2.64.